The van der Waals surface area contributed by atoms with E-state index in [0.717, 1.165) is 48.0 Å². The maximum Gasteiger partial charge on any atom is 0.257 e. The summed E-state index contributed by atoms with van der Waals surface area (Å²) in [6.45, 7) is 12.2. The summed E-state index contributed by atoms with van der Waals surface area (Å²) >= 11 is 6.29. The van der Waals surface area contributed by atoms with Crippen molar-refractivity contribution in [2.45, 2.75) is 90.4 Å². The number of hydrogen-bond acceptors (Lipinski definition) is 9. The monoisotopic (exact) mass is 844 g/mol. The first-order chi connectivity index (χ1) is 29.0. The number of piperidine rings is 1. The zero-order valence-electron chi connectivity index (χ0n) is 34.4. The minimum Gasteiger partial charge on any atom is -0.489 e. The number of ether oxygens (including phenoxy) is 1. The van der Waals surface area contributed by atoms with Crippen LogP contribution in [0.25, 0.3) is 0 Å². The highest BCUT2D eigenvalue weighted by molar-refractivity contribution is 6.31. The van der Waals surface area contributed by atoms with Crippen LogP contribution in [0.5, 0.6) is 5.75 Å². The number of amides is 4. The van der Waals surface area contributed by atoms with Gasteiger partial charge < -0.3 is 19.6 Å². The highest BCUT2D eigenvalue weighted by Crippen LogP contribution is 2.59. The van der Waals surface area contributed by atoms with Crippen LogP contribution in [-0.4, -0.2) is 93.8 Å². The molecule has 2 saturated carbocycles. The summed E-state index contributed by atoms with van der Waals surface area (Å²) in [5.41, 5.74) is 3.05. The Kier molecular flexibility index (Phi) is 8.95. The van der Waals surface area contributed by atoms with Crippen molar-refractivity contribution >= 4 is 40.9 Å². The predicted octanol–water partition coefficient (Wildman–Crippen LogP) is 5.39. The van der Waals surface area contributed by atoms with Crippen molar-refractivity contribution in [3.63, 3.8) is 0 Å². The SMILES string of the molecule is CC1(C)C(Oc2ccc(C#N)c(Cl)c2)C(C)(C)C1N1Cc2cc(C#CC3CN(C4CC5(C4)CN(c4cc6c(cc4F)C(=O)N(C4CCC(=O)NC4=O)C6O)C5)C3)ccc2C1=O. The molecule has 12 nitrogen and oxygen atoms in total. The van der Waals surface area contributed by atoms with Crippen molar-refractivity contribution in [2.75, 3.05) is 31.1 Å². The normalized spacial score (nSPS) is 27.2. The Morgan fingerprint density at radius 2 is 1.69 bits per heavy atom. The van der Waals surface area contributed by atoms with E-state index < -0.39 is 35.8 Å². The molecule has 14 heteroatoms. The van der Waals surface area contributed by atoms with E-state index in [1.165, 1.54) is 6.07 Å². The summed E-state index contributed by atoms with van der Waals surface area (Å²) in [5.74, 6) is 5.51. The molecule has 5 aliphatic heterocycles. The first kappa shape index (κ1) is 39.7. The van der Waals surface area contributed by atoms with Gasteiger partial charge in [-0.05, 0) is 67.3 Å². The van der Waals surface area contributed by atoms with Gasteiger partial charge in [-0.25, -0.2) is 4.39 Å². The molecule has 0 radical (unpaired) electrons. The number of hydrogen-bond donors (Lipinski definition) is 2. The molecule has 2 unspecified atom stereocenters. The maximum absolute atomic E-state index is 15.4. The molecule has 2 N–H and O–H groups in total. The van der Waals surface area contributed by atoms with Gasteiger partial charge in [0, 0.05) is 96.1 Å². The van der Waals surface area contributed by atoms with E-state index in [2.05, 4.69) is 61.9 Å². The molecular weight excluding hydrogens is 799 g/mol. The van der Waals surface area contributed by atoms with E-state index >= 15 is 4.39 Å². The van der Waals surface area contributed by atoms with Gasteiger partial charge in [0.05, 0.1) is 21.8 Å². The molecule has 1 spiro atoms. The molecular formula is C47H46ClFN6O6. The van der Waals surface area contributed by atoms with Crippen LogP contribution in [-0.2, 0) is 16.1 Å². The number of aliphatic hydroxyl groups excluding tert-OH is 1. The fourth-order valence-corrected chi connectivity index (χ4v) is 12.2. The first-order valence-corrected chi connectivity index (χ1v) is 21.3. The zero-order valence-corrected chi connectivity index (χ0v) is 35.2. The molecule has 3 aromatic carbocycles. The summed E-state index contributed by atoms with van der Waals surface area (Å²) in [6, 6.07) is 15.2. The highest BCUT2D eigenvalue weighted by atomic mass is 35.5. The zero-order chi connectivity index (χ0) is 42.9. The summed E-state index contributed by atoms with van der Waals surface area (Å²) < 4.78 is 21.9. The van der Waals surface area contributed by atoms with E-state index in [9.17, 15) is 29.5 Å². The number of halogens is 2. The van der Waals surface area contributed by atoms with Crippen molar-refractivity contribution in [3.8, 4) is 23.7 Å². The number of nitrogens with zero attached hydrogens (tertiary/aromatic N) is 5. The van der Waals surface area contributed by atoms with E-state index in [4.69, 9.17) is 16.3 Å². The van der Waals surface area contributed by atoms with Crippen molar-refractivity contribution < 1.29 is 33.4 Å². The molecule has 3 aromatic rings. The Hall–Kier alpha value is -5.47. The van der Waals surface area contributed by atoms with Gasteiger partial charge in [0.15, 0.2) is 6.23 Å². The molecule has 61 heavy (non-hydrogen) atoms. The number of likely N-dealkylation sites (tertiary alicyclic amines) is 1. The van der Waals surface area contributed by atoms with Crippen LogP contribution >= 0.6 is 11.6 Å². The summed E-state index contributed by atoms with van der Waals surface area (Å²) in [7, 11) is 0. The van der Waals surface area contributed by atoms with Crippen molar-refractivity contribution in [1.82, 2.24) is 20.0 Å². The number of imide groups is 1. The standard InChI is InChI=1S/C47H46ClFN6O6/c1-45(2)43(46(3,4)44(45)61-30-9-8-27(19-50)34(48)14-30)54-22-28-13-25(7-10-31(28)40(54)58)5-6-26-20-52(21-26)29-17-47(18-29)23-53(24-47)37-16-33-32(15-35(37)49)41(59)55(42(33)60)36-11-12-38(56)51-39(36)57/h7-10,13-16,26,29,36,42-44,60H,11-12,17-18,20-24H2,1-4H3,(H,51,56,57). The smallest absolute Gasteiger partial charge is 0.257 e. The Balaban J connectivity index is 0.715. The van der Waals surface area contributed by atoms with Gasteiger partial charge in [0.2, 0.25) is 11.8 Å². The van der Waals surface area contributed by atoms with Crippen LogP contribution in [0.1, 0.15) is 103 Å². The minimum atomic E-state index is -1.40. The molecule has 10 rings (SSSR count). The molecule has 0 aromatic heterocycles. The molecule has 7 aliphatic rings. The Morgan fingerprint density at radius 1 is 0.951 bits per heavy atom. The molecule has 3 saturated heterocycles. The maximum atomic E-state index is 15.4. The molecule has 2 aliphatic carbocycles. The fraction of sp³-hybridized carbons (Fsp3) is 0.468. The summed E-state index contributed by atoms with van der Waals surface area (Å²) in [6.07, 6.45) is 0.609. The molecule has 314 valence electrons. The second-order valence-electron chi connectivity index (χ2n) is 19.4. The van der Waals surface area contributed by atoms with E-state index in [-0.39, 0.29) is 64.2 Å². The van der Waals surface area contributed by atoms with Gasteiger partial charge in [-0.1, -0.05) is 51.1 Å². The fourth-order valence-electron chi connectivity index (χ4n) is 12.0. The summed E-state index contributed by atoms with van der Waals surface area (Å²) in [5, 5.41) is 22.9. The van der Waals surface area contributed by atoms with Gasteiger partial charge in [-0.2, -0.15) is 5.26 Å². The third-order valence-electron chi connectivity index (χ3n) is 14.6. The largest absolute Gasteiger partial charge is 0.489 e. The lowest BCUT2D eigenvalue weighted by molar-refractivity contribution is -0.199. The van der Waals surface area contributed by atoms with E-state index in [1.807, 2.05) is 21.9 Å². The van der Waals surface area contributed by atoms with Crippen LogP contribution in [0.4, 0.5) is 10.1 Å². The molecule has 4 amide bonds. The predicted molar refractivity (Wildman–Crippen MR) is 222 cm³/mol. The van der Waals surface area contributed by atoms with Gasteiger partial charge in [-0.15, -0.1) is 0 Å². The lowest BCUT2D eigenvalue weighted by Crippen LogP contribution is -2.74. The second kappa shape index (κ2) is 13.8. The number of fused-ring (bicyclic) bond motifs is 2. The lowest BCUT2D eigenvalue weighted by Gasteiger charge is -2.65. The molecule has 5 fully saturated rings. The van der Waals surface area contributed by atoms with Crippen LogP contribution in [0.15, 0.2) is 48.5 Å². The Bertz CT molecular complexity index is 2540. The van der Waals surface area contributed by atoms with Crippen LogP contribution in [0, 0.1) is 51.2 Å². The molecule has 5 heterocycles. The number of carbonyl (C=O) groups excluding carboxylic acids is 4. The first-order valence-electron chi connectivity index (χ1n) is 21.0. The van der Waals surface area contributed by atoms with E-state index in [0.29, 0.717) is 53.3 Å². The molecule has 0 bridgehead atoms. The number of aliphatic hydroxyl groups is 1. The number of benzene rings is 3. The van der Waals surface area contributed by atoms with Crippen LogP contribution in [0.2, 0.25) is 5.02 Å². The quantitative estimate of drug-likeness (QED) is 0.246. The van der Waals surface area contributed by atoms with Gasteiger partial charge in [-0.3, -0.25) is 34.3 Å². The van der Waals surface area contributed by atoms with Crippen molar-refractivity contribution in [2.24, 2.45) is 22.2 Å². The van der Waals surface area contributed by atoms with Gasteiger partial charge in [0.25, 0.3) is 11.8 Å². The third-order valence-corrected chi connectivity index (χ3v) is 14.9. The molecule has 2 atom stereocenters. The van der Waals surface area contributed by atoms with Crippen LogP contribution in [0.3, 0.4) is 0 Å². The van der Waals surface area contributed by atoms with E-state index in [1.54, 1.807) is 18.2 Å². The summed E-state index contributed by atoms with van der Waals surface area (Å²) in [4.78, 5) is 58.5. The number of anilines is 1. The third kappa shape index (κ3) is 6.14. The highest BCUT2D eigenvalue weighted by Gasteiger charge is 2.67. The Morgan fingerprint density at radius 3 is 2.38 bits per heavy atom. The number of nitrogens with one attached hydrogen (secondary N) is 1. The minimum absolute atomic E-state index is 0.0223. The van der Waals surface area contributed by atoms with Crippen molar-refractivity contribution in [3.05, 3.63) is 92.8 Å². The van der Waals surface area contributed by atoms with Gasteiger partial charge >= 0.3 is 0 Å². The average Bonchev–Trinajstić information content (AvgIpc) is 3.59. The number of nitriles is 1. The topological polar surface area (TPSA) is 147 Å². The van der Waals surface area contributed by atoms with Crippen molar-refractivity contribution in [1.29, 1.82) is 5.26 Å². The average molecular weight is 845 g/mol. The number of carbonyl (C=O) groups is 4. The number of rotatable bonds is 6. The van der Waals surface area contributed by atoms with Gasteiger partial charge in [0.1, 0.15) is 29.8 Å². The second-order valence-corrected chi connectivity index (χ2v) is 19.8. The lowest BCUT2D eigenvalue weighted by atomic mass is 9.49. The Labute approximate surface area is 358 Å². The van der Waals surface area contributed by atoms with Crippen LogP contribution < -0.4 is 15.0 Å².